The summed E-state index contributed by atoms with van der Waals surface area (Å²) in [6.45, 7) is 4.46. The Kier molecular flexibility index (Phi) is 21.2. The average Bonchev–Trinajstić information content (AvgIpc) is 1.86. The maximum Gasteiger partial charge on any atom is 0.0670 e. The molecule has 1 N–H and O–H groups in total. The molecule has 0 heterocycles. The van der Waals surface area contributed by atoms with E-state index < -0.39 is 0 Å². The first-order chi connectivity index (χ1) is 4.33. The molecule has 58 valence electrons. The van der Waals surface area contributed by atoms with Crippen molar-refractivity contribution in [3.8, 4) is 0 Å². The second kappa shape index (κ2) is 15.8. The van der Waals surface area contributed by atoms with Crippen molar-refractivity contribution < 1.29 is 0 Å². The summed E-state index contributed by atoms with van der Waals surface area (Å²) in [6, 6.07) is 0. The molecule has 0 bridgehead atoms. The van der Waals surface area contributed by atoms with Gasteiger partial charge >= 0.3 is 0 Å². The fourth-order valence-electron chi connectivity index (χ4n) is 0.500. The molecule has 0 spiro atoms. The third kappa shape index (κ3) is 29.8. The first-order valence-electron chi connectivity index (χ1n) is 3.91. The second-order valence-electron chi connectivity index (χ2n) is 2.21. The van der Waals surface area contributed by atoms with Gasteiger partial charge in [-0.05, 0) is 0 Å². The van der Waals surface area contributed by atoms with E-state index in [9.17, 15) is 0 Å². The van der Waals surface area contributed by atoms with Crippen LogP contribution in [0.3, 0.4) is 0 Å². The van der Waals surface area contributed by atoms with Gasteiger partial charge in [0.05, 0.1) is 20.8 Å². The zero-order chi connectivity index (χ0) is 7.54. The molecule has 0 aromatic rings. The molecule has 0 aliphatic heterocycles. The quantitative estimate of drug-likeness (QED) is 0.446. The van der Waals surface area contributed by atoms with Gasteiger partial charge in [0.25, 0.3) is 0 Å². The monoisotopic (exact) mass is 163 g/mol. The molecular weight excluding hydrogens is 142 g/mol. The molecule has 1 nitrogen and oxygen atoms in total. The van der Waals surface area contributed by atoms with Crippen LogP contribution in [-0.2, 0) is 0 Å². The lowest BCUT2D eigenvalue weighted by Crippen LogP contribution is -1.97. The van der Waals surface area contributed by atoms with Crippen LogP contribution >= 0.6 is 0 Å². The van der Waals surface area contributed by atoms with Gasteiger partial charge < -0.3 is 4.65 Å². The molecule has 0 aromatic heterocycles. The third-order valence-corrected chi connectivity index (χ3v) is 0.957. The summed E-state index contributed by atoms with van der Waals surface area (Å²) < 4.78 is 3.03. The van der Waals surface area contributed by atoms with Gasteiger partial charge in [0.2, 0.25) is 0 Å². The van der Waals surface area contributed by atoms with Gasteiger partial charge in [-0.3, -0.25) is 0 Å². The Morgan fingerprint density at radius 1 is 1.00 bits per heavy atom. The van der Waals surface area contributed by atoms with Crippen LogP contribution in [0.4, 0.5) is 0 Å². The minimum absolute atomic E-state index is 1.18. The van der Waals surface area contributed by atoms with E-state index in [0.29, 0.717) is 0 Å². The van der Waals surface area contributed by atoms with E-state index in [1.165, 1.54) is 46.5 Å². The summed E-state index contributed by atoms with van der Waals surface area (Å²) >= 11 is 0. The van der Waals surface area contributed by atoms with Crippen LogP contribution < -0.4 is 4.65 Å². The minimum atomic E-state index is 1.18. The van der Waals surface area contributed by atoms with Gasteiger partial charge in [-0.2, -0.15) is 0 Å². The standard InChI is InChI=1S/C6H14.H7NSi2/c1-3-5-6-4-2;2-1-3/h3-6H2,1-2H3;1H,2-3H3. The van der Waals surface area contributed by atoms with Crippen LogP contribution in [-0.4, -0.2) is 20.8 Å². The van der Waals surface area contributed by atoms with Crippen molar-refractivity contribution in [2.45, 2.75) is 39.5 Å². The first-order valence-corrected chi connectivity index (χ1v) is 5.91. The van der Waals surface area contributed by atoms with Gasteiger partial charge in [0.1, 0.15) is 0 Å². The molecular formula is C6H21NSi2. The fourth-order valence-corrected chi connectivity index (χ4v) is 0.500. The van der Waals surface area contributed by atoms with Gasteiger partial charge in [-0.1, -0.05) is 39.5 Å². The normalized spacial score (nSPS) is 8.67. The van der Waals surface area contributed by atoms with E-state index in [4.69, 9.17) is 0 Å². The second-order valence-corrected chi connectivity index (χ2v) is 6.21. The molecule has 0 saturated carbocycles. The molecule has 0 amide bonds. The van der Waals surface area contributed by atoms with E-state index in [0.717, 1.165) is 0 Å². The van der Waals surface area contributed by atoms with E-state index in [2.05, 4.69) is 18.5 Å². The van der Waals surface area contributed by atoms with E-state index in [-0.39, 0.29) is 0 Å². The Labute approximate surface area is 65.6 Å². The van der Waals surface area contributed by atoms with Crippen LogP contribution in [0.5, 0.6) is 0 Å². The maximum atomic E-state index is 3.03. The van der Waals surface area contributed by atoms with Gasteiger partial charge in [-0.25, -0.2) is 0 Å². The van der Waals surface area contributed by atoms with Crippen molar-refractivity contribution in [2.75, 3.05) is 0 Å². The SMILES string of the molecule is CCCCCC.[SiH3]N[SiH3]. The van der Waals surface area contributed by atoms with E-state index in [1.807, 2.05) is 0 Å². The molecule has 3 heteroatoms. The summed E-state index contributed by atoms with van der Waals surface area (Å²) in [4.78, 5) is 0. The highest BCUT2D eigenvalue weighted by molar-refractivity contribution is 6.25. The van der Waals surface area contributed by atoms with Crippen LogP contribution in [0.25, 0.3) is 0 Å². The highest BCUT2D eigenvalue weighted by Gasteiger charge is 1.75. The molecule has 0 saturated heterocycles. The predicted molar refractivity (Wildman–Crippen MR) is 52.8 cm³/mol. The first kappa shape index (κ1) is 12.1. The summed E-state index contributed by atoms with van der Waals surface area (Å²) in [5.74, 6) is 0. The van der Waals surface area contributed by atoms with Crippen LogP contribution in [0, 0.1) is 0 Å². The van der Waals surface area contributed by atoms with Crippen LogP contribution in [0.15, 0.2) is 0 Å². The lowest BCUT2D eigenvalue weighted by Gasteiger charge is -1.86. The molecule has 0 aromatic carbocycles. The average molecular weight is 163 g/mol. The van der Waals surface area contributed by atoms with Crippen LogP contribution in [0.2, 0.25) is 0 Å². The smallest absolute Gasteiger partial charge is 0.0670 e. The number of rotatable bonds is 3. The Balaban J connectivity index is 0. The minimum Gasteiger partial charge on any atom is -0.374 e. The zero-order valence-corrected chi connectivity index (χ0v) is 11.3. The summed E-state index contributed by atoms with van der Waals surface area (Å²) in [5, 5.41) is 0. The van der Waals surface area contributed by atoms with Gasteiger partial charge in [0, 0.05) is 0 Å². The zero-order valence-electron chi connectivity index (χ0n) is 7.33. The fraction of sp³-hybridized carbons (Fsp3) is 1.00. The Morgan fingerprint density at radius 3 is 1.33 bits per heavy atom. The van der Waals surface area contributed by atoms with Crippen molar-refractivity contribution in [3.63, 3.8) is 0 Å². The molecule has 0 aliphatic carbocycles. The lowest BCUT2D eigenvalue weighted by molar-refractivity contribution is 0.702. The van der Waals surface area contributed by atoms with Crippen molar-refractivity contribution in [1.29, 1.82) is 0 Å². The summed E-state index contributed by atoms with van der Waals surface area (Å²) in [6.07, 6.45) is 5.54. The number of hydrogen-bond donors (Lipinski definition) is 1. The van der Waals surface area contributed by atoms with E-state index in [1.54, 1.807) is 0 Å². The summed E-state index contributed by atoms with van der Waals surface area (Å²) in [5.41, 5.74) is 0. The molecule has 0 aliphatic rings. The highest BCUT2D eigenvalue weighted by Crippen LogP contribution is 1.95. The lowest BCUT2D eigenvalue weighted by atomic mass is 10.2. The van der Waals surface area contributed by atoms with Crippen LogP contribution in [0.1, 0.15) is 39.5 Å². The molecule has 0 radical (unpaired) electrons. The third-order valence-electron chi connectivity index (χ3n) is 0.957. The number of unbranched alkanes of at least 4 members (excludes halogenated alkanes) is 3. The number of nitrogens with one attached hydrogen (secondary N) is 1. The van der Waals surface area contributed by atoms with Gasteiger partial charge in [-0.15, -0.1) is 0 Å². The predicted octanol–water partition coefficient (Wildman–Crippen LogP) is -0.277. The summed E-state index contributed by atoms with van der Waals surface area (Å²) in [7, 11) is 2.36. The van der Waals surface area contributed by atoms with E-state index >= 15 is 0 Å². The van der Waals surface area contributed by atoms with Crippen molar-refractivity contribution in [3.05, 3.63) is 0 Å². The Morgan fingerprint density at radius 2 is 1.22 bits per heavy atom. The molecule has 0 rings (SSSR count). The maximum absolute atomic E-state index is 3.03. The number of hydrogen-bond acceptors (Lipinski definition) is 1. The molecule has 0 atom stereocenters. The Bertz CT molecular complexity index is 30.2. The molecule has 9 heavy (non-hydrogen) atoms. The van der Waals surface area contributed by atoms with Gasteiger partial charge in [0.15, 0.2) is 0 Å². The molecule has 0 unspecified atom stereocenters. The Hall–Kier alpha value is 0.394. The topological polar surface area (TPSA) is 12.0 Å². The largest absolute Gasteiger partial charge is 0.374 e. The highest BCUT2D eigenvalue weighted by atomic mass is 28.2. The van der Waals surface area contributed by atoms with Crippen molar-refractivity contribution >= 4 is 20.8 Å². The van der Waals surface area contributed by atoms with Crippen molar-refractivity contribution in [2.24, 2.45) is 0 Å². The van der Waals surface area contributed by atoms with Crippen molar-refractivity contribution in [1.82, 2.24) is 4.65 Å². The molecule has 0 fully saturated rings.